The molecule has 0 amide bonds. The van der Waals surface area contributed by atoms with Gasteiger partial charge in [-0.3, -0.25) is 4.90 Å². The molecule has 1 aliphatic carbocycles. The van der Waals surface area contributed by atoms with Crippen molar-refractivity contribution < 1.29 is 0 Å². The summed E-state index contributed by atoms with van der Waals surface area (Å²) >= 11 is 0. The Hall–Kier alpha value is -0.0800. The molecule has 0 spiro atoms. The van der Waals surface area contributed by atoms with Crippen molar-refractivity contribution in [2.24, 2.45) is 11.8 Å². The van der Waals surface area contributed by atoms with E-state index < -0.39 is 0 Å². The van der Waals surface area contributed by atoms with Crippen LogP contribution in [-0.4, -0.2) is 36.1 Å². The smallest absolute Gasteiger partial charge is 0.0221 e. The minimum absolute atomic E-state index is 0.705. The minimum atomic E-state index is 0.705. The first-order valence-corrected chi connectivity index (χ1v) is 8.66. The van der Waals surface area contributed by atoms with Crippen molar-refractivity contribution in [2.45, 2.75) is 84.3 Å². The number of nitrogens with one attached hydrogen (secondary N) is 1. The van der Waals surface area contributed by atoms with Crippen molar-refractivity contribution in [1.82, 2.24) is 10.2 Å². The summed E-state index contributed by atoms with van der Waals surface area (Å²) in [5.74, 6) is 1.76. The normalized spacial score (nSPS) is 33.5. The van der Waals surface area contributed by atoms with E-state index in [-0.39, 0.29) is 0 Å². The molecule has 0 radical (unpaired) electrons. The highest BCUT2D eigenvalue weighted by atomic mass is 15.3. The lowest BCUT2D eigenvalue weighted by atomic mass is 9.90. The molecule has 2 aliphatic rings. The Kier molecular flexibility index (Phi) is 5.70. The predicted molar refractivity (Wildman–Crippen MR) is 83.5 cm³/mol. The second-order valence-electron chi connectivity index (χ2n) is 6.94. The molecule has 4 unspecified atom stereocenters. The van der Waals surface area contributed by atoms with Gasteiger partial charge in [0.1, 0.15) is 0 Å². The van der Waals surface area contributed by atoms with Gasteiger partial charge >= 0.3 is 0 Å². The SMILES string of the molecule is CCC(C)C1CN(C(C)C2CCCC2)C(CC)CN1. The summed E-state index contributed by atoms with van der Waals surface area (Å²) < 4.78 is 0. The lowest BCUT2D eigenvalue weighted by molar-refractivity contribution is 0.0465. The number of piperazine rings is 1. The van der Waals surface area contributed by atoms with Crippen LogP contribution in [0, 0.1) is 11.8 Å². The van der Waals surface area contributed by atoms with Crippen LogP contribution in [0.5, 0.6) is 0 Å². The van der Waals surface area contributed by atoms with Crippen molar-refractivity contribution in [3.8, 4) is 0 Å². The van der Waals surface area contributed by atoms with Gasteiger partial charge in [0.25, 0.3) is 0 Å². The van der Waals surface area contributed by atoms with E-state index in [9.17, 15) is 0 Å². The molecule has 1 saturated carbocycles. The molecular formula is C17H34N2. The van der Waals surface area contributed by atoms with Gasteiger partial charge in [0.2, 0.25) is 0 Å². The standard InChI is InChI=1S/C17H34N2/c1-5-13(3)17-12-19(16(6-2)11-18-17)14(4)15-9-7-8-10-15/h13-18H,5-12H2,1-4H3. The molecule has 0 aromatic carbocycles. The summed E-state index contributed by atoms with van der Waals surface area (Å²) in [4.78, 5) is 2.85. The average Bonchev–Trinajstić information content (AvgIpc) is 2.99. The minimum Gasteiger partial charge on any atom is -0.311 e. The van der Waals surface area contributed by atoms with E-state index in [0.29, 0.717) is 6.04 Å². The summed E-state index contributed by atoms with van der Waals surface area (Å²) in [5, 5.41) is 3.80. The molecule has 4 atom stereocenters. The molecule has 0 aromatic heterocycles. The molecule has 1 N–H and O–H groups in total. The first kappa shape index (κ1) is 15.3. The van der Waals surface area contributed by atoms with Crippen molar-refractivity contribution in [2.75, 3.05) is 13.1 Å². The summed E-state index contributed by atoms with van der Waals surface area (Å²) in [6.07, 6.45) is 8.45. The first-order valence-electron chi connectivity index (χ1n) is 8.66. The van der Waals surface area contributed by atoms with Crippen molar-refractivity contribution in [3.05, 3.63) is 0 Å². The second kappa shape index (κ2) is 7.08. The fourth-order valence-corrected chi connectivity index (χ4v) is 4.10. The molecule has 2 fully saturated rings. The third-order valence-electron chi connectivity index (χ3n) is 5.90. The first-order chi connectivity index (χ1) is 9.17. The van der Waals surface area contributed by atoms with Gasteiger partial charge < -0.3 is 5.32 Å². The number of rotatable bonds is 5. The molecule has 2 rings (SSSR count). The lowest BCUT2D eigenvalue weighted by Gasteiger charge is -2.46. The van der Waals surface area contributed by atoms with Crippen molar-refractivity contribution in [1.29, 1.82) is 0 Å². The van der Waals surface area contributed by atoms with E-state index in [2.05, 4.69) is 37.9 Å². The molecule has 1 aliphatic heterocycles. The van der Waals surface area contributed by atoms with Gasteiger partial charge in [-0.05, 0) is 38.0 Å². The molecule has 1 saturated heterocycles. The van der Waals surface area contributed by atoms with E-state index in [4.69, 9.17) is 0 Å². The second-order valence-corrected chi connectivity index (χ2v) is 6.94. The van der Waals surface area contributed by atoms with Crippen LogP contribution in [0.1, 0.15) is 66.2 Å². The van der Waals surface area contributed by atoms with Crippen LogP contribution in [-0.2, 0) is 0 Å². The van der Waals surface area contributed by atoms with E-state index in [1.807, 2.05) is 0 Å². The van der Waals surface area contributed by atoms with Crippen LogP contribution in [0.4, 0.5) is 0 Å². The van der Waals surface area contributed by atoms with Crippen LogP contribution >= 0.6 is 0 Å². The maximum Gasteiger partial charge on any atom is 0.0221 e. The zero-order chi connectivity index (χ0) is 13.8. The summed E-state index contributed by atoms with van der Waals surface area (Å²) in [5.41, 5.74) is 0. The molecule has 0 aromatic rings. The molecule has 2 heteroatoms. The molecule has 0 bridgehead atoms. The quantitative estimate of drug-likeness (QED) is 0.817. The van der Waals surface area contributed by atoms with Gasteiger partial charge in [0.05, 0.1) is 0 Å². The van der Waals surface area contributed by atoms with E-state index in [1.54, 1.807) is 0 Å². The molecule has 19 heavy (non-hydrogen) atoms. The Morgan fingerprint density at radius 2 is 1.84 bits per heavy atom. The van der Waals surface area contributed by atoms with Crippen LogP contribution in [0.15, 0.2) is 0 Å². The monoisotopic (exact) mass is 266 g/mol. The highest BCUT2D eigenvalue weighted by Gasteiger charge is 2.35. The van der Waals surface area contributed by atoms with Gasteiger partial charge in [-0.15, -0.1) is 0 Å². The van der Waals surface area contributed by atoms with Gasteiger partial charge in [-0.25, -0.2) is 0 Å². The Morgan fingerprint density at radius 3 is 2.42 bits per heavy atom. The Labute approximate surface area is 120 Å². The number of nitrogens with zero attached hydrogens (tertiary/aromatic N) is 1. The van der Waals surface area contributed by atoms with Crippen molar-refractivity contribution in [3.63, 3.8) is 0 Å². The molecular weight excluding hydrogens is 232 g/mol. The summed E-state index contributed by atoms with van der Waals surface area (Å²) in [6.45, 7) is 12.0. The largest absolute Gasteiger partial charge is 0.311 e. The Balaban J connectivity index is 2.00. The maximum absolute atomic E-state index is 3.80. The van der Waals surface area contributed by atoms with Crippen molar-refractivity contribution >= 4 is 0 Å². The van der Waals surface area contributed by atoms with E-state index in [1.165, 1.54) is 51.6 Å². The maximum atomic E-state index is 3.80. The average molecular weight is 266 g/mol. The topological polar surface area (TPSA) is 15.3 Å². The van der Waals surface area contributed by atoms with Gasteiger partial charge in [0, 0.05) is 31.2 Å². The van der Waals surface area contributed by atoms with Gasteiger partial charge in [-0.2, -0.15) is 0 Å². The predicted octanol–water partition coefficient (Wildman–Crippen LogP) is 3.66. The zero-order valence-electron chi connectivity index (χ0n) is 13.5. The van der Waals surface area contributed by atoms with Gasteiger partial charge in [-0.1, -0.05) is 40.0 Å². The molecule has 2 nitrogen and oxygen atoms in total. The fourth-order valence-electron chi connectivity index (χ4n) is 4.10. The highest BCUT2D eigenvalue weighted by Crippen LogP contribution is 2.32. The fraction of sp³-hybridized carbons (Fsp3) is 1.00. The Morgan fingerprint density at radius 1 is 1.16 bits per heavy atom. The van der Waals surface area contributed by atoms with Crippen LogP contribution in [0.25, 0.3) is 0 Å². The van der Waals surface area contributed by atoms with Crippen LogP contribution in [0.3, 0.4) is 0 Å². The lowest BCUT2D eigenvalue weighted by Crippen LogP contribution is -2.61. The summed E-state index contributed by atoms with van der Waals surface area (Å²) in [7, 11) is 0. The zero-order valence-corrected chi connectivity index (χ0v) is 13.5. The number of hydrogen-bond donors (Lipinski definition) is 1. The van der Waals surface area contributed by atoms with E-state index >= 15 is 0 Å². The van der Waals surface area contributed by atoms with Gasteiger partial charge in [0.15, 0.2) is 0 Å². The van der Waals surface area contributed by atoms with Crippen LogP contribution in [0.2, 0.25) is 0 Å². The summed E-state index contributed by atoms with van der Waals surface area (Å²) in [6, 6.07) is 2.26. The highest BCUT2D eigenvalue weighted by molar-refractivity contribution is 4.92. The number of hydrogen-bond acceptors (Lipinski definition) is 2. The van der Waals surface area contributed by atoms with E-state index in [0.717, 1.165) is 23.9 Å². The molecule has 112 valence electrons. The molecule has 1 heterocycles. The third kappa shape index (κ3) is 3.52. The Bertz CT molecular complexity index is 260. The van der Waals surface area contributed by atoms with Crippen LogP contribution < -0.4 is 5.32 Å². The third-order valence-corrected chi connectivity index (χ3v) is 5.90.